The molecule has 0 radical (unpaired) electrons. The van der Waals surface area contributed by atoms with Crippen LogP contribution in [-0.4, -0.2) is 12.6 Å². The fourth-order valence-electron chi connectivity index (χ4n) is 4.41. The van der Waals surface area contributed by atoms with Crippen LogP contribution < -0.4 is 0 Å². The van der Waals surface area contributed by atoms with Gasteiger partial charge in [0.1, 0.15) is 5.83 Å². The Balaban J connectivity index is 2.21. The molecule has 1 aromatic carbocycles. The number of allylic oxidation sites excluding steroid dienone is 4. The average molecular weight is 447 g/mol. The van der Waals surface area contributed by atoms with Gasteiger partial charge in [0.25, 0.3) is 0 Å². The molecule has 2 nitrogen and oxygen atoms in total. The van der Waals surface area contributed by atoms with E-state index in [1.54, 1.807) is 19.1 Å². The molecule has 1 aromatic rings. The van der Waals surface area contributed by atoms with Crippen LogP contribution in [0.5, 0.6) is 0 Å². The van der Waals surface area contributed by atoms with Gasteiger partial charge in [0.05, 0.1) is 17.2 Å². The van der Waals surface area contributed by atoms with Crippen LogP contribution in [0.1, 0.15) is 95.5 Å². The number of carbonyl (C=O) groups is 1. The van der Waals surface area contributed by atoms with Gasteiger partial charge in [-0.2, -0.15) is 0 Å². The molecule has 4 heteroatoms. The Kier molecular flexibility index (Phi) is 9.12. The zero-order valence-corrected chi connectivity index (χ0v) is 20.4. The van der Waals surface area contributed by atoms with Crippen molar-refractivity contribution in [2.75, 3.05) is 6.61 Å². The van der Waals surface area contributed by atoms with Gasteiger partial charge in [0.15, 0.2) is 0 Å². The molecule has 0 saturated carbocycles. The summed E-state index contributed by atoms with van der Waals surface area (Å²) in [7, 11) is 0. The van der Waals surface area contributed by atoms with E-state index in [-0.39, 0.29) is 16.0 Å². The van der Waals surface area contributed by atoms with E-state index in [1.807, 2.05) is 0 Å². The lowest BCUT2D eigenvalue weighted by Gasteiger charge is -2.36. The number of carbonyl (C=O) groups excluding carboxylic acids is 1. The number of hydrogen-bond acceptors (Lipinski definition) is 2. The zero-order valence-electron chi connectivity index (χ0n) is 19.7. The van der Waals surface area contributed by atoms with Crippen molar-refractivity contribution in [1.29, 1.82) is 0 Å². The van der Waals surface area contributed by atoms with E-state index in [0.29, 0.717) is 17.7 Å². The highest BCUT2D eigenvalue weighted by atomic mass is 35.5. The highest BCUT2D eigenvalue weighted by Gasteiger charge is 2.31. The minimum absolute atomic E-state index is 0.0322. The molecule has 0 aromatic heterocycles. The van der Waals surface area contributed by atoms with Gasteiger partial charge in [0.2, 0.25) is 0 Å². The number of esters is 1. The summed E-state index contributed by atoms with van der Waals surface area (Å²) >= 11 is 6.37. The summed E-state index contributed by atoms with van der Waals surface area (Å²) in [6.45, 7) is 15.0. The number of halogens is 2. The maximum atomic E-state index is 15.4. The number of ether oxygens (including phenoxy) is 1. The monoisotopic (exact) mass is 446 g/mol. The van der Waals surface area contributed by atoms with Crippen LogP contribution in [0.4, 0.5) is 4.39 Å². The Morgan fingerprint density at radius 1 is 1.26 bits per heavy atom. The van der Waals surface area contributed by atoms with E-state index < -0.39 is 11.8 Å². The molecule has 0 aliphatic heterocycles. The number of rotatable bonds is 9. The van der Waals surface area contributed by atoms with Crippen molar-refractivity contribution in [2.24, 2.45) is 5.41 Å². The predicted octanol–water partition coefficient (Wildman–Crippen LogP) is 8.86. The summed E-state index contributed by atoms with van der Waals surface area (Å²) in [6.07, 6.45) is 7.35. The molecule has 1 aliphatic carbocycles. The summed E-state index contributed by atoms with van der Waals surface area (Å²) in [5, 5.41) is 0.193. The highest BCUT2D eigenvalue weighted by molar-refractivity contribution is 6.32. The number of unbranched alkanes of at least 4 members (excludes halogenated alkanes) is 3. The molecule has 0 heterocycles. The Morgan fingerprint density at radius 3 is 2.58 bits per heavy atom. The quantitative estimate of drug-likeness (QED) is 0.215. The van der Waals surface area contributed by atoms with Crippen LogP contribution in [0.3, 0.4) is 0 Å². The maximum absolute atomic E-state index is 15.4. The standard InChI is InChI=1S/C27H36ClFO2/c1-7-8-9-10-16-31-26(30)21-13-14-22(23(28)17-21)25(29)20(4)19(3)24-18(2)12-11-15-27(24,5)6/h13-14,17H,3,7-12,15-16H2,1-2,4-6H3/b25-20-. The largest absolute Gasteiger partial charge is 0.462 e. The van der Waals surface area contributed by atoms with Crippen molar-refractivity contribution >= 4 is 23.4 Å². The fraction of sp³-hybridized carbons (Fsp3) is 0.519. The first-order chi connectivity index (χ1) is 14.6. The third kappa shape index (κ3) is 6.32. The van der Waals surface area contributed by atoms with Gasteiger partial charge in [-0.15, -0.1) is 0 Å². The van der Waals surface area contributed by atoms with Crippen molar-refractivity contribution in [3.8, 4) is 0 Å². The Hall–Kier alpha value is -1.87. The van der Waals surface area contributed by atoms with E-state index in [2.05, 4.69) is 34.3 Å². The van der Waals surface area contributed by atoms with Gasteiger partial charge in [0, 0.05) is 5.56 Å². The summed E-state index contributed by atoms with van der Waals surface area (Å²) in [4.78, 5) is 12.3. The molecule has 0 amide bonds. The second kappa shape index (κ2) is 11.1. The lowest BCUT2D eigenvalue weighted by molar-refractivity contribution is 0.0498. The number of hydrogen-bond donors (Lipinski definition) is 0. The first-order valence-corrected chi connectivity index (χ1v) is 11.7. The van der Waals surface area contributed by atoms with Crippen LogP contribution >= 0.6 is 11.6 Å². The summed E-state index contributed by atoms with van der Waals surface area (Å²) in [6, 6.07) is 4.60. The van der Waals surface area contributed by atoms with Crippen molar-refractivity contribution < 1.29 is 13.9 Å². The molecule has 0 spiro atoms. The lowest BCUT2D eigenvalue weighted by Crippen LogP contribution is -2.22. The van der Waals surface area contributed by atoms with Crippen LogP contribution in [0.25, 0.3) is 5.83 Å². The summed E-state index contributed by atoms with van der Waals surface area (Å²) in [5.41, 5.74) is 4.20. The molecule has 0 atom stereocenters. The third-order valence-electron chi connectivity index (χ3n) is 6.21. The predicted molar refractivity (Wildman–Crippen MR) is 129 cm³/mol. The Labute approximate surface area is 192 Å². The van der Waals surface area contributed by atoms with Crippen LogP contribution in [0, 0.1) is 5.41 Å². The number of benzene rings is 1. The van der Waals surface area contributed by atoms with Crippen molar-refractivity contribution in [1.82, 2.24) is 0 Å². The Morgan fingerprint density at radius 2 is 1.97 bits per heavy atom. The minimum Gasteiger partial charge on any atom is -0.462 e. The van der Waals surface area contributed by atoms with Crippen LogP contribution in [-0.2, 0) is 4.74 Å². The highest BCUT2D eigenvalue weighted by Crippen LogP contribution is 2.46. The molecule has 0 bridgehead atoms. The fourth-order valence-corrected chi connectivity index (χ4v) is 4.67. The van der Waals surface area contributed by atoms with E-state index >= 15 is 4.39 Å². The van der Waals surface area contributed by atoms with Crippen molar-refractivity contribution in [2.45, 2.75) is 79.6 Å². The molecular formula is C27H36ClFO2. The van der Waals surface area contributed by atoms with Gasteiger partial charge in [-0.25, -0.2) is 9.18 Å². The molecule has 31 heavy (non-hydrogen) atoms. The molecule has 0 fully saturated rings. The average Bonchev–Trinajstić information content (AvgIpc) is 2.71. The summed E-state index contributed by atoms with van der Waals surface area (Å²) in [5.74, 6) is -0.837. The van der Waals surface area contributed by atoms with Crippen molar-refractivity contribution in [3.63, 3.8) is 0 Å². The zero-order chi connectivity index (χ0) is 23.2. The first-order valence-electron chi connectivity index (χ1n) is 11.3. The summed E-state index contributed by atoms with van der Waals surface area (Å²) < 4.78 is 20.7. The van der Waals surface area contributed by atoms with Gasteiger partial charge in [-0.05, 0) is 79.9 Å². The van der Waals surface area contributed by atoms with E-state index in [4.69, 9.17) is 16.3 Å². The molecule has 2 rings (SSSR count). The van der Waals surface area contributed by atoms with Gasteiger partial charge in [-0.1, -0.05) is 63.8 Å². The van der Waals surface area contributed by atoms with Crippen LogP contribution in [0.2, 0.25) is 5.02 Å². The minimum atomic E-state index is -0.430. The lowest BCUT2D eigenvalue weighted by atomic mass is 9.69. The molecule has 0 unspecified atom stereocenters. The molecule has 0 saturated heterocycles. The molecule has 0 N–H and O–H groups in total. The normalized spacial score (nSPS) is 16.7. The topological polar surface area (TPSA) is 26.3 Å². The smallest absolute Gasteiger partial charge is 0.338 e. The maximum Gasteiger partial charge on any atom is 0.338 e. The van der Waals surface area contributed by atoms with Gasteiger partial charge >= 0.3 is 5.97 Å². The molecule has 170 valence electrons. The Bertz CT molecular complexity index is 892. The van der Waals surface area contributed by atoms with Crippen LogP contribution in [0.15, 0.2) is 47.1 Å². The SMILES string of the molecule is C=C(C1=C(C)CCCC1(C)C)/C(C)=C(\F)c1ccc(C(=O)OCCCCCC)cc1Cl. The van der Waals surface area contributed by atoms with Gasteiger partial charge < -0.3 is 4.74 Å². The molecular weight excluding hydrogens is 411 g/mol. The van der Waals surface area contributed by atoms with E-state index in [0.717, 1.165) is 56.1 Å². The van der Waals surface area contributed by atoms with E-state index in [1.165, 1.54) is 11.6 Å². The van der Waals surface area contributed by atoms with E-state index in [9.17, 15) is 4.79 Å². The first kappa shape index (κ1) is 25.4. The van der Waals surface area contributed by atoms with Gasteiger partial charge in [-0.3, -0.25) is 0 Å². The second-order valence-electron chi connectivity index (χ2n) is 9.20. The third-order valence-corrected chi connectivity index (χ3v) is 6.53. The molecule has 1 aliphatic rings. The van der Waals surface area contributed by atoms with Crippen molar-refractivity contribution in [3.05, 3.63) is 63.2 Å². The second-order valence-corrected chi connectivity index (χ2v) is 9.61.